The molecule has 8 heteroatoms. The van der Waals surface area contributed by atoms with Crippen molar-refractivity contribution in [2.24, 2.45) is 0 Å². The fraction of sp³-hybridized carbons (Fsp3) is 0.125. The summed E-state index contributed by atoms with van der Waals surface area (Å²) in [7, 11) is 1.32. The van der Waals surface area contributed by atoms with Crippen molar-refractivity contribution in [2.75, 3.05) is 12.4 Å². The van der Waals surface area contributed by atoms with Gasteiger partial charge in [-0.2, -0.15) is 0 Å². The molecule has 2 heterocycles. The van der Waals surface area contributed by atoms with Crippen LogP contribution >= 0.6 is 27.3 Å². The second-order valence-corrected chi connectivity index (χ2v) is 6.85. The number of fused-ring (bicyclic) bond motifs is 1. The Kier molecular flexibility index (Phi) is 4.86. The predicted octanol–water partition coefficient (Wildman–Crippen LogP) is 4.10. The van der Waals surface area contributed by atoms with E-state index in [9.17, 15) is 9.59 Å². The van der Waals surface area contributed by atoms with Crippen LogP contribution in [0.3, 0.4) is 0 Å². The number of aromatic amines is 1. The van der Waals surface area contributed by atoms with Gasteiger partial charge in [-0.25, -0.2) is 9.59 Å². The average molecular weight is 408 g/mol. The summed E-state index contributed by atoms with van der Waals surface area (Å²) in [4.78, 5) is 26.6. The summed E-state index contributed by atoms with van der Waals surface area (Å²) in [6, 6.07) is 9.17. The first-order valence-electron chi connectivity index (χ1n) is 7.04. The van der Waals surface area contributed by atoms with Gasteiger partial charge >= 0.3 is 12.0 Å². The van der Waals surface area contributed by atoms with E-state index in [4.69, 9.17) is 0 Å². The number of anilines is 1. The van der Waals surface area contributed by atoms with Crippen LogP contribution < -0.4 is 10.6 Å². The predicted molar refractivity (Wildman–Crippen MR) is 97.5 cm³/mol. The van der Waals surface area contributed by atoms with E-state index in [1.165, 1.54) is 18.4 Å². The van der Waals surface area contributed by atoms with Gasteiger partial charge in [0.15, 0.2) is 0 Å². The highest BCUT2D eigenvalue weighted by molar-refractivity contribution is 9.10. The number of benzene rings is 1. The molecule has 3 aromatic rings. The van der Waals surface area contributed by atoms with Crippen LogP contribution in [-0.4, -0.2) is 24.1 Å². The van der Waals surface area contributed by atoms with E-state index in [1.807, 2.05) is 24.3 Å². The topological polar surface area (TPSA) is 83.2 Å². The highest BCUT2D eigenvalue weighted by atomic mass is 79.9. The lowest BCUT2D eigenvalue weighted by Crippen LogP contribution is -2.27. The molecule has 0 radical (unpaired) electrons. The Balaban J connectivity index is 1.58. The number of amides is 2. The van der Waals surface area contributed by atoms with Crippen molar-refractivity contribution in [3.63, 3.8) is 0 Å². The fourth-order valence-corrected chi connectivity index (χ4v) is 3.36. The van der Waals surface area contributed by atoms with Gasteiger partial charge in [-0.1, -0.05) is 15.9 Å². The van der Waals surface area contributed by atoms with E-state index >= 15 is 0 Å². The smallest absolute Gasteiger partial charge is 0.338 e. The molecule has 3 rings (SSSR count). The summed E-state index contributed by atoms with van der Waals surface area (Å²) < 4.78 is 5.63. The molecule has 2 amide bonds. The van der Waals surface area contributed by atoms with Crippen LogP contribution in [0.2, 0.25) is 0 Å². The molecule has 124 valence electrons. The molecule has 1 aromatic carbocycles. The summed E-state index contributed by atoms with van der Waals surface area (Å²) in [5.41, 5.74) is 2.33. The zero-order valence-corrected chi connectivity index (χ0v) is 15.1. The molecule has 0 spiro atoms. The highest BCUT2D eigenvalue weighted by Gasteiger charge is 2.10. The van der Waals surface area contributed by atoms with E-state index < -0.39 is 5.97 Å². The van der Waals surface area contributed by atoms with Crippen molar-refractivity contribution < 1.29 is 14.3 Å². The van der Waals surface area contributed by atoms with Crippen molar-refractivity contribution >= 4 is 55.2 Å². The van der Waals surface area contributed by atoms with Gasteiger partial charge in [-0.15, -0.1) is 11.3 Å². The maximum atomic E-state index is 12.0. The molecular weight excluding hydrogens is 394 g/mol. The summed E-state index contributed by atoms with van der Waals surface area (Å²) >= 11 is 4.70. The van der Waals surface area contributed by atoms with E-state index in [2.05, 4.69) is 36.3 Å². The Labute approximate surface area is 150 Å². The molecule has 0 saturated carbocycles. The summed E-state index contributed by atoms with van der Waals surface area (Å²) in [6.07, 6.45) is 0. The lowest BCUT2D eigenvalue weighted by atomic mass is 10.2. The second-order valence-electron chi connectivity index (χ2n) is 5.03. The van der Waals surface area contributed by atoms with Crippen molar-refractivity contribution in [3.8, 4) is 0 Å². The minimum absolute atomic E-state index is 0.340. The van der Waals surface area contributed by atoms with Crippen molar-refractivity contribution in [1.29, 1.82) is 0 Å². The summed E-state index contributed by atoms with van der Waals surface area (Å²) in [6.45, 7) is 0.368. The van der Waals surface area contributed by atoms with Crippen LogP contribution in [0, 0.1) is 0 Å². The minimum atomic E-state index is -0.427. The number of carbonyl (C=O) groups is 2. The average Bonchev–Trinajstić information content (AvgIpc) is 3.18. The van der Waals surface area contributed by atoms with Crippen LogP contribution in [-0.2, 0) is 11.3 Å². The van der Waals surface area contributed by atoms with Gasteiger partial charge in [0.1, 0.15) is 0 Å². The van der Waals surface area contributed by atoms with E-state index in [1.54, 1.807) is 11.4 Å². The number of carbonyl (C=O) groups excluding carboxylic acids is 2. The van der Waals surface area contributed by atoms with E-state index in [0.717, 1.165) is 21.1 Å². The molecule has 0 bridgehead atoms. The zero-order chi connectivity index (χ0) is 17.1. The number of ether oxygens (including phenoxy) is 1. The number of H-pyrrole nitrogens is 1. The molecule has 0 unspecified atom stereocenters. The molecular formula is C16H14BrN3O3S. The third kappa shape index (κ3) is 3.77. The molecule has 0 fully saturated rings. The van der Waals surface area contributed by atoms with Crippen LogP contribution in [0.1, 0.15) is 16.1 Å². The quantitative estimate of drug-likeness (QED) is 0.569. The Bertz CT molecular complexity index is 903. The molecule has 0 aliphatic rings. The largest absolute Gasteiger partial charge is 0.465 e. The summed E-state index contributed by atoms with van der Waals surface area (Å²) in [5.74, 6) is -0.427. The molecule has 0 aliphatic heterocycles. The third-order valence-corrected chi connectivity index (χ3v) is 4.67. The molecule has 24 heavy (non-hydrogen) atoms. The second kappa shape index (κ2) is 7.06. The van der Waals surface area contributed by atoms with E-state index in [-0.39, 0.29) is 6.03 Å². The van der Waals surface area contributed by atoms with Crippen molar-refractivity contribution in [2.45, 2.75) is 6.54 Å². The number of nitrogens with one attached hydrogen (secondary N) is 3. The molecule has 2 aromatic heterocycles. The Hall–Kier alpha value is -2.32. The number of halogens is 1. The van der Waals surface area contributed by atoms with E-state index in [0.29, 0.717) is 17.1 Å². The van der Waals surface area contributed by atoms with Gasteiger partial charge in [0.25, 0.3) is 0 Å². The monoisotopic (exact) mass is 407 g/mol. The zero-order valence-electron chi connectivity index (χ0n) is 12.7. The number of urea groups is 1. The number of rotatable bonds is 4. The minimum Gasteiger partial charge on any atom is -0.465 e. The standard InChI is InChI=1S/C16H14BrN3O3S/c1-23-15(21)10-6-14(24-8-10)20-16(22)18-7-12-5-9-4-11(17)2-3-13(9)19-12/h2-6,8,19H,7H2,1H3,(H2,18,20,22). The maximum absolute atomic E-state index is 12.0. The third-order valence-electron chi connectivity index (χ3n) is 3.34. The van der Waals surface area contributed by atoms with Gasteiger partial charge in [0.05, 0.1) is 24.2 Å². The first-order chi connectivity index (χ1) is 11.5. The van der Waals surface area contributed by atoms with Crippen LogP contribution in [0.25, 0.3) is 10.9 Å². The SMILES string of the molecule is COC(=O)c1csc(NC(=O)NCc2cc3cc(Br)ccc3[nH]2)c1. The molecule has 3 N–H and O–H groups in total. The first kappa shape index (κ1) is 16.5. The maximum Gasteiger partial charge on any atom is 0.338 e. The molecule has 6 nitrogen and oxygen atoms in total. The number of aromatic nitrogens is 1. The summed E-state index contributed by atoms with van der Waals surface area (Å²) in [5, 5.41) is 8.75. The molecule has 0 saturated heterocycles. The van der Waals surface area contributed by atoms with Crippen LogP contribution in [0.15, 0.2) is 40.2 Å². The van der Waals surface area contributed by atoms with Crippen molar-refractivity contribution in [3.05, 3.63) is 51.4 Å². The number of esters is 1. The Morgan fingerprint density at radius 3 is 2.92 bits per heavy atom. The number of methoxy groups -OCH3 is 1. The molecule has 0 atom stereocenters. The van der Waals surface area contributed by atoms with Gasteiger partial charge in [0, 0.05) is 26.4 Å². The van der Waals surface area contributed by atoms with Gasteiger partial charge < -0.3 is 15.0 Å². The molecule has 0 aliphatic carbocycles. The van der Waals surface area contributed by atoms with Gasteiger partial charge in [-0.05, 0) is 30.3 Å². The highest BCUT2D eigenvalue weighted by Crippen LogP contribution is 2.22. The first-order valence-corrected chi connectivity index (χ1v) is 8.71. The normalized spacial score (nSPS) is 10.6. The Morgan fingerprint density at radius 2 is 2.12 bits per heavy atom. The fourth-order valence-electron chi connectivity index (χ4n) is 2.22. The number of hydrogen-bond acceptors (Lipinski definition) is 4. The lowest BCUT2D eigenvalue weighted by molar-refractivity contribution is 0.0601. The van der Waals surface area contributed by atoms with Gasteiger partial charge in [-0.3, -0.25) is 5.32 Å². The van der Waals surface area contributed by atoms with Crippen molar-refractivity contribution in [1.82, 2.24) is 10.3 Å². The van der Waals surface area contributed by atoms with Gasteiger partial charge in [0.2, 0.25) is 0 Å². The van der Waals surface area contributed by atoms with Crippen LogP contribution in [0.4, 0.5) is 9.80 Å². The number of thiophene rings is 1. The lowest BCUT2D eigenvalue weighted by Gasteiger charge is -2.04. The Morgan fingerprint density at radius 1 is 1.29 bits per heavy atom. The number of hydrogen-bond donors (Lipinski definition) is 3. The van der Waals surface area contributed by atoms with Crippen LogP contribution in [0.5, 0.6) is 0 Å².